The van der Waals surface area contributed by atoms with Gasteiger partial charge in [0.25, 0.3) is 0 Å². The summed E-state index contributed by atoms with van der Waals surface area (Å²) >= 11 is 0. The van der Waals surface area contributed by atoms with Crippen LogP contribution < -0.4 is 9.47 Å². The van der Waals surface area contributed by atoms with Crippen LogP contribution in [0.4, 0.5) is 0 Å². The molecule has 4 nitrogen and oxygen atoms in total. The van der Waals surface area contributed by atoms with E-state index >= 15 is 0 Å². The summed E-state index contributed by atoms with van der Waals surface area (Å²) in [5, 5.41) is 2.82. The summed E-state index contributed by atoms with van der Waals surface area (Å²) in [6.07, 6.45) is 0.813. The van der Waals surface area contributed by atoms with E-state index in [1.165, 1.54) is 0 Å². The molecule has 0 aliphatic carbocycles. The van der Waals surface area contributed by atoms with Crippen molar-refractivity contribution in [3.05, 3.63) is 120 Å². The molecule has 0 fully saturated rings. The first-order valence-electron chi connectivity index (χ1n) is 11.2. The van der Waals surface area contributed by atoms with Gasteiger partial charge in [-0.3, -0.25) is 0 Å². The number of carbonyl (C=O) groups excluding carboxylic acids is 2. The topological polar surface area (TPSA) is 52.6 Å². The summed E-state index contributed by atoms with van der Waals surface area (Å²) in [7, 11) is 0. The number of benzene rings is 5. The van der Waals surface area contributed by atoms with Crippen LogP contribution in [0.3, 0.4) is 0 Å². The van der Waals surface area contributed by atoms with Crippen molar-refractivity contribution in [2.24, 2.45) is 0 Å². The lowest BCUT2D eigenvalue weighted by Gasteiger charge is -2.17. The number of esters is 2. The fourth-order valence-electron chi connectivity index (χ4n) is 4.04. The van der Waals surface area contributed by atoms with Crippen molar-refractivity contribution in [1.29, 1.82) is 0 Å². The number of carbonyl (C=O) groups is 2. The molecule has 0 unspecified atom stereocenters. The fraction of sp³-hybridized carbons (Fsp3) is 0.0667. The maximum Gasteiger partial charge on any atom is 0.343 e. The molecule has 0 saturated carbocycles. The second-order valence-electron chi connectivity index (χ2n) is 7.95. The van der Waals surface area contributed by atoms with E-state index in [4.69, 9.17) is 9.47 Å². The molecule has 0 bridgehead atoms. The zero-order valence-corrected chi connectivity index (χ0v) is 18.7. The average molecular weight is 447 g/mol. The van der Waals surface area contributed by atoms with E-state index in [9.17, 15) is 9.59 Å². The van der Waals surface area contributed by atoms with E-state index in [1.54, 1.807) is 48.5 Å². The van der Waals surface area contributed by atoms with Crippen molar-refractivity contribution in [2.75, 3.05) is 0 Å². The molecule has 0 amide bonds. The number of ether oxygens (including phenoxy) is 2. The zero-order chi connectivity index (χ0) is 23.5. The molecule has 5 rings (SSSR count). The van der Waals surface area contributed by atoms with Gasteiger partial charge in [-0.15, -0.1) is 0 Å². The highest BCUT2D eigenvalue weighted by atomic mass is 16.5. The van der Waals surface area contributed by atoms with E-state index in [0.717, 1.165) is 17.4 Å². The molecule has 0 heterocycles. The Morgan fingerprint density at radius 1 is 0.559 bits per heavy atom. The van der Waals surface area contributed by atoms with Crippen LogP contribution in [0.2, 0.25) is 0 Å². The summed E-state index contributed by atoms with van der Waals surface area (Å²) < 4.78 is 12.0. The third kappa shape index (κ3) is 4.02. The number of hydrogen-bond donors (Lipinski definition) is 0. The van der Waals surface area contributed by atoms with Crippen LogP contribution in [-0.2, 0) is 6.42 Å². The number of aryl methyl sites for hydroxylation is 1. The van der Waals surface area contributed by atoms with Crippen molar-refractivity contribution < 1.29 is 19.1 Å². The molecule has 0 saturated heterocycles. The minimum absolute atomic E-state index is 0.442. The van der Waals surface area contributed by atoms with Crippen LogP contribution in [0.1, 0.15) is 33.2 Å². The normalized spacial score (nSPS) is 10.9. The van der Waals surface area contributed by atoms with Gasteiger partial charge in [0.1, 0.15) is 11.5 Å². The van der Waals surface area contributed by atoms with Gasteiger partial charge >= 0.3 is 11.9 Å². The molecule has 34 heavy (non-hydrogen) atoms. The predicted molar refractivity (Wildman–Crippen MR) is 134 cm³/mol. The summed E-state index contributed by atoms with van der Waals surface area (Å²) in [6.45, 7) is 2.06. The van der Waals surface area contributed by atoms with Gasteiger partial charge in [-0.05, 0) is 42.3 Å². The summed E-state index contributed by atoms with van der Waals surface area (Å²) in [6, 6.07) is 31.2. The highest BCUT2D eigenvalue weighted by molar-refractivity contribution is 6.14. The van der Waals surface area contributed by atoms with Crippen molar-refractivity contribution >= 4 is 33.5 Å². The zero-order valence-electron chi connectivity index (χ0n) is 18.7. The Morgan fingerprint density at radius 3 is 1.50 bits per heavy atom. The van der Waals surface area contributed by atoms with E-state index in [0.29, 0.717) is 38.8 Å². The Morgan fingerprint density at radius 2 is 1.00 bits per heavy atom. The maximum absolute atomic E-state index is 13.0. The lowest BCUT2D eigenvalue weighted by atomic mass is 9.98. The van der Waals surface area contributed by atoms with Crippen molar-refractivity contribution in [3.8, 4) is 11.5 Å². The number of hydrogen-bond acceptors (Lipinski definition) is 4. The third-order valence-electron chi connectivity index (χ3n) is 5.81. The SMILES string of the molecule is CCc1ccc2c(OC(=O)c3ccccc3)c3ccccc3c(OC(=O)c3ccccc3)c2c1. The second-order valence-corrected chi connectivity index (χ2v) is 7.95. The highest BCUT2D eigenvalue weighted by Crippen LogP contribution is 2.43. The fourth-order valence-corrected chi connectivity index (χ4v) is 4.04. The molecule has 0 radical (unpaired) electrons. The molecule has 166 valence electrons. The second kappa shape index (κ2) is 9.20. The molecule has 0 aliphatic heterocycles. The van der Waals surface area contributed by atoms with Gasteiger partial charge in [0.05, 0.1) is 11.1 Å². The maximum atomic E-state index is 13.0. The van der Waals surface area contributed by atoms with Crippen LogP contribution in [0, 0.1) is 0 Å². The van der Waals surface area contributed by atoms with Gasteiger partial charge < -0.3 is 9.47 Å². The molecule has 4 heteroatoms. The van der Waals surface area contributed by atoms with E-state index in [1.807, 2.05) is 54.6 Å². The Hall–Kier alpha value is -4.44. The highest BCUT2D eigenvalue weighted by Gasteiger charge is 2.21. The lowest BCUT2D eigenvalue weighted by Crippen LogP contribution is -2.11. The Labute approximate surface area is 197 Å². The molecule has 0 spiro atoms. The van der Waals surface area contributed by atoms with Crippen LogP contribution >= 0.6 is 0 Å². The average Bonchev–Trinajstić information content (AvgIpc) is 2.90. The molecule has 0 N–H and O–H groups in total. The van der Waals surface area contributed by atoms with Gasteiger partial charge in [-0.1, -0.05) is 79.7 Å². The van der Waals surface area contributed by atoms with Crippen LogP contribution in [0.15, 0.2) is 103 Å². The van der Waals surface area contributed by atoms with Crippen molar-refractivity contribution in [1.82, 2.24) is 0 Å². The standard InChI is InChI=1S/C30H22O4/c1-2-20-17-18-25-26(19-20)28(34-30(32)22-13-7-4-8-14-22)24-16-10-9-15-23(24)27(25)33-29(31)21-11-5-3-6-12-21/h3-19H,2H2,1H3. The predicted octanol–water partition coefficient (Wildman–Crippen LogP) is 6.99. The first kappa shape index (κ1) is 21.4. The van der Waals surface area contributed by atoms with Crippen molar-refractivity contribution in [3.63, 3.8) is 0 Å². The smallest absolute Gasteiger partial charge is 0.343 e. The number of fused-ring (bicyclic) bond motifs is 2. The minimum Gasteiger partial charge on any atom is -0.422 e. The first-order chi connectivity index (χ1) is 16.7. The van der Waals surface area contributed by atoms with Crippen LogP contribution in [0.25, 0.3) is 21.5 Å². The van der Waals surface area contributed by atoms with Gasteiger partial charge in [0.2, 0.25) is 0 Å². The molecule has 0 aromatic heterocycles. The monoisotopic (exact) mass is 446 g/mol. The van der Waals surface area contributed by atoms with E-state index < -0.39 is 11.9 Å². The molecule has 5 aromatic rings. The lowest BCUT2D eigenvalue weighted by molar-refractivity contribution is 0.0726. The van der Waals surface area contributed by atoms with Gasteiger partial charge in [0, 0.05) is 21.5 Å². The molecule has 0 aliphatic rings. The Balaban J connectivity index is 1.71. The van der Waals surface area contributed by atoms with Gasteiger partial charge in [0.15, 0.2) is 0 Å². The Kier molecular flexibility index (Phi) is 5.79. The van der Waals surface area contributed by atoms with Crippen LogP contribution in [0.5, 0.6) is 11.5 Å². The summed E-state index contributed by atoms with van der Waals surface area (Å²) in [5.74, 6) is 0.0134. The van der Waals surface area contributed by atoms with Gasteiger partial charge in [-0.2, -0.15) is 0 Å². The third-order valence-corrected chi connectivity index (χ3v) is 5.81. The molecular formula is C30H22O4. The Bertz CT molecular complexity index is 1510. The van der Waals surface area contributed by atoms with E-state index in [-0.39, 0.29) is 0 Å². The quantitative estimate of drug-likeness (QED) is 0.166. The van der Waals surface area contributed by atoms with E-state index in [2.05, 4.69) is 6.92 Å². The largest absolute Gasteiger partial charge is 0.422 e. The summed E-state index contributed by atoms with van der Waals surface area (Å²) in [4.78, 5) is 26.0. The van der Waals surface area contributed by atoms with Crippen molar-refractivity contribution in [2.45, 2.75) is 13.3 Å². The van der Waals surface area contributed by atoms with Gasteiger partial charge in [-0.25, -0.2) is 9.59 Å². The first-order valence-corrected chi connectivity index (χ1v) is 11.2. The molecule has 5 aromatic carbocycles. The minimum atomic E-state index is -0.444. The molecular weight excluding hydrogens is 424 g/mol. The summed E-state index contributed by atoms with van der Waals surface area (Å²) in [5.41, 5.74) is 2.01. The van der Waals surface area contributed by atoms with Crippen LogP contribution in [-0.4, -0.2) is 11.9 Å². The molecule has 0 atom stereocenters. The number of rotatable bonds is 5.